The Hall–Kier alpha value is -2.72. The van der Waals surface area contributed by atoms with E-state index in [0.29, 0.717) is 35.4 Å². The summed E-state index contributed by atoms with van der Waals surface area (Å²) in [5, 5.41) is 2.69. The Bertz CT molecular complexity index is 1010. The molecule has 0 aliphatic carbocycles. The summed E-state index contributed by atoms with van der Waals surface area (Å²) in [6, 6.07) is 10.2. The molecule has 1 N–H and O–H groups in total. The van der Waals surface area contributed by atoms with Crippen molar-refractivity contribution in [2.75, 3.05) is 25.2 Å². The summed E-state index contributed by atoms with van der Waals surface area (Å²) in [5.41, 5.74) is 1.27. The molecule has 1 fully saturated rings. The van der Waals surface area contributed by atoms with Crippen molar-refractivity contribution in [3.05, 3.63) is 42.5 Å². The van der Waals surface area contributed by atoms with Crippen LogP contribution in [0.15, 0.2) is 42.5 Å². The van der Waals surface area contributed by atoms with Crippen molar-refractivity contribution in [3.63, 3.8) is 0 Å². The van der Waals surface area contributed by atoms with Crippen LogP contribution in [0.1, 0.15) is 12.8 Å². The number of nitrogens with one attached hydrogen (secondary N) is 1. The van der Waals surface area contributed by atoms with Crippen LogP contribution in [-0.4, -0.2) is 51.2 Å². The summed E-state index contributed by atoms with van der Waals surface area (Å²) >= 11 is 0. The van der Waals surface area contributed by atoms with Gasteiger partial charge in [0.2, 0.25) is 15.9 Å². The minimum absolute atomic E-state index is 0.0493. The van der Waals surface area contributed by atoms with Crippen molar-refractivity contribution in [1.82, 2.24) is 4.31 Å². The number of halogens is 2. The van der Waals surface area contributed by atoms with Crippen molar-refractivity contribution in [1.29, 1.82) is 0 Å². The number of amides is 1. The monoisotopic (exact) mass is 440 g/mol. The molecule has 0 spiro atoms. The van der Waals surface area contributed by atoms with Gasteiger partial charge in [-0.25, -0.2) is 8.42 Å². The van der Waals surface area contributed by atoms with Crippen molar-refractivity contribution in [3.8, 4) is 22.6 Å². The van der Waals surface area contributed by atoms with E-state index in [1.807, 2.05) is 0 Å². The van der Waals surface area contributed by atoms with Crippen LogP contribution in [0.3, 0.4) is 0 Å². The molecule has 10 heteroatoms. The smallest absolute Gasteiger partial charge is 0.387 e. The molecule has 3 rings (SSSR count). The lowest BCUT2D eigenvalue weighted by molar-refractivity contribution is -0.119. The molecule has 0 bridgehead atoms. The maximum Gasteiger partial charge on any atom is 0.387 e. The predicted molar refractivity (Wildman–Crippen MR) is 108 cm³/mol. The van der Waals surface area contributed by atoms with E-state index in [9.17, 15) is 22.0 Å². The number of sulfonamides is 1. The highest BCUT2D eigenvalue weighted by atomic mass is 32.2. The number of benzene rings is 2. The molecule has 1 aliphatic rings. The molecule has 0 aromatic heterocycles. The zero-order valence-corrected chi connectivity index (χ0v) is 17.3. The fourth-order valence-corrected chi connectivity index (χ4v) is 4.55. The third-order valence-electron chi connectivity index (χ3n) is 4.80. The van der Waals surface area contributed by atoms with Gasteiger partial charge in [-0.1, -0.05) is 12.1 Å². The Labute approximate surface area is 173 Å². The number of anilines is 1. The van der Waals surface area contributed by atoms with Crippen LogP contribution >= 0.6 is 0 Å². The Balaban J connectivity index is 1.89. The van der Waals surface area contributed by atoms with Gasteiger partial charge >= 0.3 is 6.61 Å². The zero-order valence-electron chi connectivity index (χ0n) is 16.5. The molecular formula is C20H22F2N2O5S. The van der Waals surface area contributed by atoms with Gasteiger partial charge in [-0.15, -0.1) is 0 Å². The number of alkyl halides is 2. The minimum atomic E-state index is -3.51. The van der Waals surface area contributed by atoms with Gasteiger partial charge in [-0.3, -0.25) is 4.79 Å². The first-order chi connectivity index (χ1) is 14.2. The lowest BCUT2D eigenvalue weighted by Gasteiger charge is -2.21. The van der Waals surface area contributed by atoms with E-state index in [4.69, 9.17) is 4.74 Å². The Kier molecular flexibility index (Phi) is 6.57. The second-order valence-corrected chi connectivity index (χ2v) is 8.77. The third-order valence-corrected chi connectivity index (χ3v) is 6.09. The molecule has 1 amide bonds. The fourth-order valence-electron chi connectivity index (χ4n) is 3.43. The van der Waals surface area contributed by atoms with E-state index in [1.54, 1.807) is 24.3 Å². The van der Waals surface area contributed by atoms with Gasteiger partial charge in [0.1, 0.15) is 17.5 Å². The predicted octanol–water partition coefficient (Wildman–Crippen LogP) is 3.33. The number of hydrogen-bond donors (Lipinski definition) is 1. The van der Waals surface area contributed by atoms with Gasteiger partial charge in [-0.2, -0.15) is 13.1 Å². The molecule has 1 saturated heterocycles. The summed E-state index contributed by atoms with van der Waals surface area (Å²) in [6.07, 6.45) is 2.07. The van der Waals surface area contributed by atoms with Gasteiger partial charge in [0.05, 0.1) is 13.4 Å². The molecule has 1 heterocycles. The quantitative estimate of drug-likeness (QED) is 0.714. The van der Waals surface area contributed by atoms with E-state index in [-0.39, 0.29) is 12.3 Å². The van der Waals surface area contributed by atoms with E-state index in [2.05, 4.69) is 10.1 Å². The van der Waals surface area contributed by atoms with Crippen LogP contribution in [0.25, 0.3) is 11.1 Å². The average molecular weight is 440 g/mol. The Morgan fingerprint density at radius 3 is 2.50 bits per heavy atom. The SMILES string of the molecule is COc1ccc(-c2cc(NC(=O)C3CCCN3S(C)(=O)=O)ccc2OC(F)F)cc1. The van der Waals surface area contributed by atoms with Crippen molar-refractivity contribution in [2.24, 2.45) is 0 Å². The third kappa shape index (κ3) is 5.06. The molecule has 1 atom stereocenters. The van der Waals surface area contributed by atoms with Gasteiger partial charge < -0.3 is 14.8 Å². The van der Waals surface area contributed by atoms with Crippen LogP contribution in [-0.2, 0) is 14.8 Å². The summed E-state index contributed by atoms with van der Waals surface area (Å²) < 4.78 is 60.3. The van der Waals surface area contributed by atoms with Crippen molar-refractivity contribution in [2.45, 2.75) is 25.5 Å². The first-order valence-electron chi connectivity index (χ1n) is 9.20. The van der Waals surface area contributed by atoms with Gasteiger partial charge in [-0.05, 0) is 48.7 Å². The van der Waals surface area contributed by atoms with Crippen LogP contribution in [0.4, 0.5) is 14.5 Å². The van der Waals surface area contributed by atoms with Gasteiger partial charge in [0, 0.05) is 17.8 Å². The van der Waals surface area contributed by atoms with Gasteiger partial charge in [0.15, 0.2) is 0 Å². The summed E-state index contributed by atoms with van der Waals surface area (Å²) in [5.74, 6) is 0.0783. The highest BCUT2D eigenvalue weighted by molar-refractivity contribution is 7.88. The molecule has 30 heavy (non-hydrogen) atoms. The first kappa shape index (κ1) is 22.0. The minimum Gasteiger partial charge on any atom is -0.497 e. The maximum atomic E-state index is 12.8. The topological polar surface area (TPSA) is 84.9 Å². The number of hydrogen-bond acceptors (Lipinski definition) is 5. The highest BCUT2D eigenvalue weighted by Crippen LogP contribution is 2.35. The van der Waals surface area contributed by atoms with Crippen LogP contribution in [0, 0.1) is 0 Å². The Morgan fingerprint density at radius 1 is 1.20 bits per heavy atom. The van der Waals surface area contributed by atoms with Crippen LogP contribution in [0.5, 0.6) is 11.5 Å². The number of nitrogens with zero attached hydrogens (tertiary/aromatic N) is 1. The average Bonchev–Trinajstić information content (AvgIpc) is 3.19. The summed E-state index contributed by atoms with van der Waals surface area (Å²) in [7, 11) is -2.00. The van der Waals surface area contributed by atoms with Crippen molar-refractivity contribution >= 4 is 21.6 Å². The largest absolute Gasteiger partial charge is 0.497 e. The number of methoxy groups -OCH3 is 1. The molecule has 0 radical (unpaired) electrons. The highest BCUT2D eigenvalue weighted by Gasteiger charge is 2.36. The molecule has 2 aromatic carbocycles. The summed E-state index contributed by atoms with van der Waals surface area (Å²) in [6.45, 7) is -2.72. The van der Waals surface area contributed by atoms with Crippen LogP contribution < -0.4 is 14.8 Å². The molecule has 2 aromatic rings. The fraction of sp³-hybridized carbons (Fsp3) is 0.350. The Morgan fingerprint density at radius 2 is 1.90 bits per heavy atom. The van der Waals surface area contributed by atoms with E-state index < -0.39 is 28.6 Å². The maximum absolute atomic E-state index is 12.8. The molecule has 1 aliphatic heterocycles. The standard InChI is InChI=1S/C20H22F2N2O5S/c1-28-15-8-5-13(6-9-15)16-12-14(7-10-18(16)29-20(21)22)23-19(25)17-4-3-11-24(17)30(2,26)27/h5-10,12,17,20H,3-4,11H2,1-2H3,(H,23,25). The normalized spacial score (nSPS) is 17.2. The molecular weight excluding hydrogens is 418 g/mol. The first-order valence-corrected chi connectivity index (χ1v) is 11.0. The number of rotatable bonds is 7. The lowest BCUT2D eigenvalue weighted by atomic mass is 10.0. The second-order valence-electron chi connectivity index (χ2n) is 6.84. The van der Waals surface area contributed by atoms with Gasteiger partial charge in [0.25, 0.3) is 0 Å². The molecule has 0 saturated carbocycles. The molecule has 162 valence electrons. The summed E-state index contributed by atoms with van der Waals surface area (Å²) in [4.78, 5) is 12.7. The number of carbonyl (C=O) groups is 1. The van der Waals surface area contributed by atoms with Crippen LogP contribution in [0.2, 0.25) is 0 Å². The zero-order chi connectivity index (χ0) is 21.9. The lowest BCUT2D eigenvalue weighted by Crippen LogP contribution is -2.42. The van der Waals surface area contributed by atoms with Crippen molar-refractivity contribution < 1.29 is 31.5 Å². The van der Waals surface area contributed by atoms with E-state index in [1.165, 1.54) is 29.6 Å². The number of ether oxygens (including phenoxy) is 2. The number of carbonyl (C=O) groups excluding carboxylic acids is 1. The van der Waals surface area contributed by atoms with E-state index in [0.717, 1.165) is 6.26 Å². The molecule has 1 unspecified atom stereocenters. The molecule has 7 nitrogen and oxygen atoms in total. The second kappa shape index (κ2) is 8.97. The van der Waals surface area contributed by atoms with E-state index >= 15 is 0 Å².